The number of aromatic nitrogens is 2. The molecule has 0 amide bonds. The fraction of sp³-hybridized carbons (Fsp3) is 0.556. The van der Waals surface area contributed by atoms with Crippen LogP contribution in [0.15, 0.2) is 21.9 Å². The monoisotopic (exact) mass is 356 g/mol. The molecule has 12 heteroatoms. The number of nitrogens with one attached hydrogen (secondary N) is 1. The van der Waals surface area contributed by atoms with Gasteiger partial charge in [-0.1, -0.05) is 12.2 Å². The van der Waals surface area contributed by atoms with E-state index in [1.165, 1.54) is 0 Å². The van der Waals surface area contributed by atoms with E-state index in [-0.39, 0.29) is 6.61 Å². The Balaban J connectivity index is 2.18. The van der Waals surface area contributed by atoms with Crippen LogP contribution in [0.3, 0.4) is 0 Å². The van der Waals surface area contributed by atoms with E-state index in [4.69, 9.17) is 9.26 Å². The van der Waals surface area contributed by atoms with E-state index in [0.29, 0.717) is 0 Å². The van der Waals surface area contributed by atoms with Crippen molar-refractivity contribution in [3.05, 3.63) is 33.1 Å². The molecule has 21 heavy (non-hydrogen) atoms. The van der Waals surface area contributed by atoms with Crippen LogP contribution in [0.4, 0.5) is 0 Å². The number of hydrogen-bond donors (Lipinski definition) is 5. The number of aliphatic hydroxyl groups excluding tert-OH is 2. The van der Waals surface area contributed by atoms with Crippen molar-refractivity contribution in [1.29, 1.82) is 0 Å². The Morgan fingerprint density at radius 2 is 2.14 bits per heavy atom. The normalized spacial score (nSPS) is 32.0. The minimum atomic E-state index is -3.23. The lowest BCUT2D eigenvalue weighted by atomic mass is 10.1. The Bertz CT molecular complexity index is 671. The zero-order chi connectivity index (χ0) is 15.8. The summed E-state index contributed by atoms with van der Waals surface area (Å²) in [6.45, 7) is -0.301. The Labute approximate surface area is 128 Å². The first kappa shape index (κ1) is 16.8. The zero-order valence-corrected chi connectivity index (χ0v) is 13.0. The average Bonchev–Trinajstić information content (AvgIpc) is 2.64. The maximum absolute atomic E-state index is 11.6. The topological polar surface area (TPSA) is 134 Å². The van der Waals surface area contributed by atoms with Crippen LogP contribution < -0.4 is 11.2 Å². The predicted octanol–water partition coefficient (Wildman–Crippen LogP) is -1.68. The Kier molecular flexibility index (Phi) is 5.06. The van der Waals surface area contributed by atoms with E-state index in [0.717, 1.165) is 16.8 Å². The number of thiol groups is 1. The summed E-state index contributed by atoms with van der Waals surface area (Å²) in [7, 11) is 0. The fourth-order valence-corrected chi connectivity index (χ4v) is 2.62. The summed E-state index contributed by atoms with van der Waals surface area (Å²) >= 11 is 8.22. The summed E-state index contributed by atoms with van der Waals surface area (Å²) in [5.74, 6) is 0. The summed E-state index contributed by atoms with van der Waals surface area (Å²) in [6, 6.07) is 1.08. The number of ether oxygens (including phenoxy) is 1. The molecule has 118 valence electrons. The van der Waals surface area contributed by atoms with E-state index in [9.17, 15) is 24.7 Å². The maximum atomic E-state index is 11.6. The minimum Gasteiger partial charge on any atom is -0.387 e. The molecule has 2 unspecified atom stereocenters. The van der Waals surface area contributed by atoms with Crippen molar-refractivity contribution in [2.24, 2.45) is 0 Å². The highest BCUT2D eigenvalue weighted by Crippen LogP contribution is 2.47. The molecule has 2 heterocycles. The SMILES string of the molecule is O=c1ccn([C@@H]2O[C@H](COP(O)(=S)S)C(O)[C@@H]2O)c(=O)[nH]1. The predicted molar refractivity (Wildman–Crippen MR) is 78.7 cm³/mol. The Morgan fingerprint density at radius 3 is 2.71 bits per heavy atom. The number of nitrogens with zero attached hydrogens (tertiary/aromatic N) is 1. The molecule has 1 aliphatic heterocycles. The highest BCUT2D eigenvalue weighted by molar-refractivity contribution is 8.59. The lowest BCUT2D eigenvalue weighted by molar-refractivity contribution is -0.0511. The van der Waals surface area contributed by atoms with Crippen LogP contribution >= 0.6 is 17.9 Å². The molecule has 1 aromatic rings. The zero-order valence-electron chi connectivity index (χ0n) is 10.4. The summed E-state index contributed by atoms with van der Waals surface area (Å²) in [5, 5.41) is 19.8. The van der Waals surface area contributed by atoms with Crippen LogP contribution in [0.5, 0.6) is 0 Å². The molecule has 1 aromatic heterocycles. The molecule has 4 N–H and O–H groups in total. The van der Waals surface area contributed by atoms with E-state index in [1.54, 1.807) is 0 Å². The van der Waals surface area contributed by atoms with E-state index in [2.05, 4.69) is 24.1 Å². The number of rotatable bonds is 4. The van der Waals surface area contributed by atoms with Gasteiger partial charge in [-0.15, -0.1) is 0 Å². The van der Waals surface area contributed by atoms with Crippen LogP contribution in [0.25, 0.3) is 0 Å². The molecule has 1 saturated heterocycles. The summed E-state index contributed by atoms with van der Waals surface area (Å²) < 4.78 is 11.1. The highest BCUT2D eigenvalue weighted by Gasteiger charge is 2.44. The third-order valence-corrected chi connectivity index (χ3v) is 4.02. The number of aromatic amines is 1. The summed E-state index contributed by atoms with van der Waals surface area (Å²) in [6.07, 6.45) is -3.85. The van der Waals surface area contributed by atoms with Gasteiger partial charge in [0.25, 0.3) is 5.56 Å². The lowest BCUT2D eigenvalue weighted by Crippen LogP contribution is -2.37. The first-order valence-corrected chi connectivity index (χ1v) is 9.55. The molecular weight excluding hydrogens is 343 g/mol. The van der Waals surface area contributed by atoms with Gasteiger partial charge in [0.2, 0.25) is 5.69 Å². The number of hydrogen-bond acceptors (Lipinski definition) is 7. The van der Waals surface area contributed by atoms with Crippen LogP contribution in [-0.2, 0) is 21.1 Å². The van der Waals surface area contributed by atoms with Gasteiger partial charge < -0.3 is 24.4 Å². The van der Waals surface area contributed by atoms with Gasteiger partial charge >= 0.3 is 5.69 Å². The van der Waals surface area contributed by atoms with Crippen LogP contribution in [-0.4, -0.2) is 49.6 Å². The summed E-state index contributed by atoms with van der Waals surface area (Å²) in [4.78, 5) is 33.9. The van der Waals surface area contributed by atoms with Gasteiger partial charge in [-0.3, -0.25) is 14.3 Å². The van der Waals surface area contributed by atoms with Gasteiger partial charge in [-0.05, 0) is 11.8 Å². The quantitative estimate of drug-likeness (QED) is 0.319. The lowest BCUT2D eigenvalue weighted by Gasteiger charge is -2.17. The van der Waals surface area contributed by atoms with Crippen molar-refractivity contribution in [2.45, 2.75) is 24.5 Å². The third kappa shape index (κ3) is 4.02. The van der Waals surface area contributed by atoms with Gasteiger partial charge in [0.15, 0.2) is 6.23 Å². The molecule has 0 radical (unpaired) electrons. The van der Waals surface area contributed by atoms with Gasteiger partial charge in [-0.2, -0.15) is 0 Å². The van der Waals surface area contributed by atoms with E-state index < -0.39 is 41.5 Å². The second-order valence-electron chi connectivity index (χ2n) is 4.35. The molecule has 1 fully saturated rings. The third-order valence-electron chi connectivity index (χ3n) is 2.87. The first-order valence-electron chi connectivity index (χ1n) is 5.72. The standard InChI is InChI=1S/C9H13N2O7PS2/c12-5-1-2-11(9(15)10-5)8-7(14)6(13)4(18-8)3-17-19(16,20)21/h1-2,4,6-8,13-14H,3H2,(H,10,12,15)(H2,16,20,21)/t4-,6?,7+,8-/m1/s1. The molecule has 9 nitrogen and oxygen atoms in total. The molecule has 0 aliphatic carbocycles. The molecule has 0 saturated carbocycles. The molecular formula is C9H13N2O7PS2. The van der Waals surface area contributed by atoms with E-state index in [1.807, 2.05) is 4.98 Å². The van der Waals surface area contributed by atoms with Crippen molar-refractivity contribution in [3.8, 4) is 0 Å². The molecule has 0 spiro atoms. The minimum absolute atomic E-state index is 0.301. The first-order chi connectivity index (χ1) is 9.69. The second-order valence-corrected chi connectivity index (χ2v) is 9.51. The van der Waals surface area contributed by atoms with Crippen molar-refractivity contribution >= 4 is 29.7 Å². The smallest absolute Gasteiger partial charge is 0.330 e. The van der Waals surface area contributed by atoms with Crippen molar-refractivity contribution in [2.75, 3.05) is 6.61 Å². The molecule has 5 atom stereocenters. The number of aliphatic hydroxyl groups is 2. The Hall–Kier alpha value is -0.520. The molecule has 1 aliphatic rings. The van der Waals surface area contributed by atoms with Gasteiger partial charge in [0, 0.05) is 12.3 Å². The highest BCUT2D eigenvalue weighted by atomic mass is 32.9. The largest absolute Gasteiger partial charge is 0.387 e. The van der Waals surface area contributed by atoms with Crippen molar-refractivity contribution < 1.29 is 24.4 Å². The van der Waals surface area contributed by atoms with Gasteiger partial charge in [-0.25, -0.2) is 4.79 Å². The molecule has 0 bridgehead atoms. The van der Waals surface area contributed by atoms with Crippen LogP contribution in [0.1, 0.15) is 6.23 Å². The second kappa shape index (κ2) is 6.31. The Morgan fingerprint density at radius 1 is 1.48 bits per heavy atom. The van der Waals surface area contributed by atoms with Gasteiger partial charge in [0.05, 0.1) is 6.61 Å². The fourth-order valence-electron chi connectivity index (χ4n) is 1.89. The molecule has 2 rings (SSSR count). The molecule has 0 aromatic carbocycles. The maximum Gasteiger partial charge on any atom is 0.330 e. The van der Waals surface area contributed by atoms with Crippen LogP contribution in [0.2, 0.25) is 0 Å². The summed E-state index contributed by atoms with van der Waals surface area (Å²) in [5.41, 5.74) is -4.62. The van der Waals surface area contributed by atoms with Crippen molar-refractivity contribution in [3.63, 3.8) is 0 Å². The van der Waals surface area contributed by atoms with Crippen molar-refractivity contribution in [1.82, 2.24) is 9.55 Å². The van der Waals surface area contributed by atoms with E-state index >= 15 is 0 Å². The average molecular weight is 356 g/mol. The van der Waals surface area contributed by atoms with Gasteiger partial charge in [0.1, 0.15) is 18.3 Å². The number of H-pyrrole nitrogens is 1. The van der Waals surface area contributed by atoms with Crippen LogP contribution in [0, 0.1) is 0 Å².